The van der Waals surface area contributed by atoms with Gasteiger partial charge >= 0.3 is 0 Å². The SMILES string of the molecule is COc1ccc(-c2nnc(SCc3csc(C)n3)n2CC2CCCO2)cc1. The van der Waals surface area contributed by atoms with Crippen LogP contribution in [0.4, 0.5) is 0 Å². The van der Waals surface area contributed by atoms with Gasteiger partial charge in [-0.15, -0.1) is 21.5 Å². The minimum atomic E-state index is 0.221. The first-order valence-electron chi connectivity index (χ1n) is 8.96. The fourth-order valence-electron chi connectivity index (χ4n) is 3.12. The Balaban J connectivity index is 1.60. The Morgan fingerprint density at radius 2 is 2.15 bits per heavy atom. The van der Waals surface area contributed by atoms with Gasteiger partial charge in [0.1, 0.15) is 5.75 Å². The molecule has 6 nitrogen and oxygen atoms in total. The van der Waals surface area contributed by atoms with Crippen molar-refractivity contribution in [1.82, 2.24) is 19.7 Å². The fraction of sp³-hybridized carbons (Fsp3) is 0.421. The number of aromatic nitrogens is 4. The van der Waals surface area contributed by atoms with E-state index in [9.17, 15) is 0 Å². The van der Waals surface area contributed by atoms with E-state index >= 15 is 0 Å². The van der Waals surface area contributed by atoms with Crippen LogP contribution in [0.1, 0.15) is 23.5 Å². The highest BCUT2D eigenvalue weighted by atomic mass is 32.2. The van der Waals surface area contributed by atoms with Gasteiger partial charge < -0.3 is 9.47 Å². The van der Waals surface area contributed by atoms with Gasteiger partial charge in [0, 0.05) is 23.3 Å². The monoisotopic (exact) mass is 402 g/mol. The first kappa shape index (κ1) is 18.5. The van der Waals surface area contributed by atoms with Crippen LogP contribution in [0.15, 0.2) is 34.8 Å². The zero-order valence-corrected chi connectivity index (χ0v) is 17.1. The van der Waals surface area contributed by atoms with Crippen molar-refractivity contribution in [2.75, 3.05) is 13.7 Å². The highest BCUT2D eigenvalue weighted by Crippen LogP contribution is 2.29. The molecular formula is C19H22N4O2S2. The van der Waals surface area contributed by atoms with E-state index in [1.165, 1.54) is 0 Å². The van der Waals surface area contributed by atoms with Crippen molar-refractivity contribution in [3.8, 4) is 17.1 Å². The molecule has 0 N–H and O–H groups in total. The largest absolute Gasteiger partial charge is 0.497 e. The molecule has 1 aliphatic rings. The van der Waals surface area contributed by atoms with Gasteiger partial charge in [0.05, 0.1) is 30.5 Å². The first-order valence-corrected chi connectivity index (χ1v) is 10.8. The van der Waals surface area contributed by atoms with Crippen LogP contribution in [0.3, 0.4) is 0 Å². The highest BCUT2D eigenvalue weighted by Gasteiger charge is 2.22. The number of nitrogens with zero attached hydrogens (tertiary/aromatic N) is 4. The highest BCUT2D eigenvalue weighted by molar-refractivity contribution is 7.98. The minimum Gasteiger partial charge on any atom is -0.497 e. The molecule has 2 aromatic heterocycles. The molecule has 3 heterocycles. The summed E-state index contributed by atoms with van der Waals surface area (Å²) in [4.78, 5) is 4.54. The van der Waals surface area contributed by atoms with E-state index in [1.807, 2.05) is 31.2 Å². The number of benzene rings is 1. The molecule has 0 aliphatic carbocycles. The van der Waals surface area contributed by atoms with Crippen LogP contribution >= 0.6 is 23.1 Å². The van der Waals surface area contributed by atoms with Crippen molar-refractivity contribution in [2.45, 2.75) is 43.3 Å². The summed E-state index contributed by atoms with van der Waals surface area (Å²) < 4.78 is 13.3. The van der Waals surface area contributed by atoms with Gasteiger partial charge in [0.15, 0.2) is 11.0 Å². The van der Waals surface area contributed by atoms with Crippen LogP contribution in [-0.4, -0.2) is 39.6 Å². The zero-order chi connectivity index (χ0) is 18.6. The summed E-state index contributed by atoms with van der Waals surface area (Å²) in [5, 5.41) is 13.0. The van der Waals surface area contributed by atoms with Gasteiger partial charge in [-0.3, -0.25) is 4.57 Å². The number of hydrogen-bond donors (Lipinski definition) is 0. The second kappa shape index (κ2) is 8.41. The predicted octanol–water partition coefficient (Wildman–Crippen LogP) is 4.19. The number of hydrogen-bond acceptors (Lipinski definition) is 7. The molecule has 0 spiro atoms. The van der Waals surface area contributed by atoms with Gasteiger partial charge in [-0.2, -0.15) is 0 Å². The third kappa shape index (κ3) is 4.34. The van der Waals surface area contributed by atoms with E-state index in [0.717, 1.165) is 64.7 Å². The first-order chi connectivity index (χ1) is 13.2. The van der Waals surface area contributed by atoms with Gasteiger partial charge in [-0.05, 0) is 44.0 Å². The van der Waals surface area contributed by atoms with Crippen LogP contribution < -0.4 is 4.74 Å². The van der Waals surface area contributed by atoms with Crippen LogP contribution in [-0.2, 0) is 17.0 Å². The van der Waals surface area contributed by atoms with Crippen LogP contribution in [0.2, 0.25) is 0 Å². The molecule has 0 amide bonds. The summed E-state index contributed by atoms with van der Waals surface area (Å²) in [6, 6.07) is 7.94. The normalized spacial score (nSPS) is 16.7. The lowest BCUT2D eigenvalue weighted by atomic mass is 10.2. The maximum absolute atomic E-state index is 5.86. The number of thiazole rings is 1. The molecule has 1 unspecified atom stereocenters. The fourth-order valence-corrected chi connectivity index (χ4v) is 4.68. The van der Waals surface area contributed by atoms with Crippen molar-refractivity contribution in [1.29, 1.82) is 0 Å². The van der Waals surface area contributed by atoms with E-state index in [-0.39, 0.29) is 6.10 Å². The zero-order valence-electron chi connectivity index (χ0n) is 15.4. The van der Waals surface area contributed by atoms with Crippen LogP contribution in [0.5, 0.6) is 5.75 Å². The molecule has 27 heavy (non-hydrogen) atoms. The average molecular weight is 403 g/mol. The molecule has 0 saturated carbocycles. The van der Waals surface area contributed by atoms with Gasteiger partial charge in [0.25, 0.3) is 0 Å². The molecule has 1 atom stereocenters. The summed E-state index contributed by atoms with van der Waals surface area (Å²) in [6.45, 7) is 3.64. The van der Waals surface area contributed by atoms with E-state index in [1.54, 1.807) is 30.2 Å². The number of thioether (sulfide) groups is 1. The smallest absolute Gasteiger partial charge is 0.191 e. The Bertz CT molecular complexity index is 886. The Hall–Kier alpha value is -1.90. The second-order valence-electron chi connectivity index (χ2n) is 6.43. The third-order valence-electron chi connectivity index (χ3n) is 4.49. The molecule has 1 aromatic carbocycles. The number of rotatable bonds is 7. The number of ether oxygens (including phenoxy) is 2. The summed E-state index contributed by atoms with van der Waals surface area (Å²) in [5.74, 6) is 2.49. The summed E-state index contributed by atoms with van der Waals surface area (Å²) in [7, 11) is 1.67. The lowest BCUT2D eigenvalue weighted by Gasteiger charge is -2.14. The minimum absolute atomic E-state index is 0.221. The number of methoxy groups -OCH3 is 1. The van der Waals surface area contributed by atoms with E-state index < -0.39 is 0 Å². The van der Waals surface area contributed by atoms with Crippen molar-refractivity contribution < 1.29 is 9.47 Å². The van der Waals surface area contributed by atoms with Crippen molar-refractivity contribution >= 4 is 23.1 Å². The Morgan fingerprint density at radius 3 is 2.81 bits per heavy atom. The second-order valence-corrected chi connectivity index (χ2v) is 8.43. The van der Waals surface area contributed by atoms with Crippen molar-refractivity contribution in [2.24, 2.45) is 0 Å². The molecule has 0 radical (unpaired) electrons. The Labute approximate surface area is 166 Å². The predicted molar refractivity (Wildman–Crippen MR) is 107 cm³/mol. The standard InChI is InChI=1S/C19H22N4O2S2/c1-13-20-15(11-26-13)12-27-19-22-21-18(14-5-7-16(24-2)8-6-14)23(19)10-17-4-3-9-25-17/h5-8,11,17H,3-4,9-10,12H2,1-2H3. The molecule has 1 saturated heterocycles. The Kier molecular flexibility index (Phi) is 5.75. The molecule has 0 bridgehead atoms. The van der Waals surface area contributed by atoms with E-state index in [0.29, 0.717) is 0 Å². The molecule has 142 valence electrons. The van der Waals surface area contributed by atoms with Crippen molar-refractivity contribution in [3.63, 3.8) is 0 Å². The molecular weight excluding hydrogens is 380 g/mol. The third-order valence-corrected chi connectivity index (χ3v) is 6.31. The summed E-state index contributed by atoms with van der Waals surface area (Å²) in [5.41, 5.74) is 2.11. The maximum atomic E-state index is 5.86. The molecule has 1 aliphatic heterocycles. The summed E-state index contributed by atoms with van der Waals surface area (Å²) in [6.07, 6.45) is 2.42. The molecule has 8 heteroatoms. The Morgan fingerprint density at radius 1 is 1.30 bits per heavy atom. The van der Waals surface area contributed by atoms with Gasteiger partial charge in [-0.25, -0.2) is 4.98 Å². The maximum Gasteiger partial charge on any atom is 0.191 e. The van der Waals surface area contributed by atoms with E-state index in [2.05, 4.69) is 25.1 Å². The van der Waals surface area contributed by atoms with Crippen LogP contribution in [0.25, 0.3) is 11.4 Å². The van der Waals surface area contributed by atoms with Gasteiger partial charge in [-0.1, -0.05) is 11.8 Å². The van der Waals surface area contributed by atoms with Gasteiger partial charge in [0.2, 0.25) is 0 Å². The average Bonchev–Trinajstić information content (AvgIpc) is 3.43. The van der Waals surface area contributed by atoms with E-state index in [4.69, 9.17) is 9.47 Å². The number of aryl methyl sites for hydroxylation is 1. The molecule has 3 aromatic rings. The topological polar surface area (TPSA) is 62.1 Å². The summed E-state index contributed by atoms with van der Waals surface area (Å²) >= 11 is 3.35. The molecule has 1 fully saturated rings. The molecule has 4 rings (SSSR count). The quantitative estimate of drug-likeness (QED) is 0.552. The lowest BCUT2D eigenvalue weighted by molar-refractivity contribution is 0.0953. The van der Waals surface area contributed by atoms with Crippen LogP contribution in [0, 0.1) is 6.92 Å². The lowest BCUT2D eigenvalue weighted by Crippen LogP contribution is -2.16. The van der Waals surface area contributed by atoms with Crippen molar-refractivity contribution in [3.05, 3.63) is 40.3 Å².